The van der Waals surface area contributed by atoms with E-state index >= 15 is 0 Å². The van der Waals surface area contributed by atoms with Crippen LogP contribution in [0.1, 0.15) is 0 Å². The summed E-state index contributed by atoms with van der Waals surface area (Å²) in [5, 5.41) is 5.20. The van der Waals surface area contributed by atoms with Crippen LogP contribution in [0.25, 0.3) is 10.2 Å². The van der Waals surface area contributed by atoms with E-state index in [9.17, 15) is 0 Å². The molecule has 0 aliphatic rings. The lowest BCUT2D eigenvalue weighted by Crippen LogP contribution is -1.89. The van der Waals surface area contributed by atoms with E-state index in [2.05, 4.69) is 26.2 Å². The van der Waals surface area contributed by atoms with Gasteiger partial charge in [0.2, 0.25) is 0 Å². The van der Waals surface area contributed by atoms with Gasteiger partial charge in [-0.1, -0.05) is 50.5 Å². The number of fused-ring (bicyclic) bond motifs is 1. The van der Waals surface area contributed by atoms with Gasteiger partial charge < -0.3 is 5.32 Å². The van der Waals surface area contributed by atoms with Crippen LogP contribution in [-0.4, -0.2) is 4.98 Å². The van der Waals surface area contributed by atoms with E-state index < -0.39 is 0 Å². The van der Waals surface area contributed by atoms with Gasteiger partial charge in [0.05, 0.1) is 20.9 Å². The highest BCUT2D eigenvalue weighted by Crippen LogP contribution is 2.33. The number of hydrogen-bond donors (Lipinski definition) is 1. The lowest BCUT2D eigenvalue weighted by Gasteiger charge is -2.04. The van der Waals surface area contributed by atoms with Crippen LogP contribution >= 0.6 is 50.5 Å². The highest BCUT2D eigenvalue weighted by molar-refractivity contribution is 9.10. The summed E-state index contributed by atoms with van der Waals surface area (Å²) in [6.45, 7) is 0. The van der Waals surface area contributed by atoms with Crippen molar-refractivity contribution < 1.29 is 0 Å². The van der Waals surface area contributed by atoms with Crippen molar-refractivity contribution in [3.05, 3.63) is 50.9 Å². The van der Waals surface area contributed by atoms with E-state index in [1.807, 2.05) is 24.3 Å². The van der Waals surface area contributed by atoms with Gasteiger partial charge in [-0.15, -0.1) is 0 Å². The first-order valence-corrected chi connectivity index (χ1v) is 7.76. The molecule has 0 bridgehead atoms. The van der Waals surface area contributed by atoms with Crippen LogP contribution < -0.4 is 5.32 Å². The molecule has 0 fully saturated rings. The zero-order valence-corrected chi connectivity index (χ0v) is 13.4. The number of hydrogen-bond acceptors (Lipinski definition) is 3. The molecule has 1 heterocycles. The molecule has 96 valence electrons. The number of rotatable bonds is 2. The second-order valence-electron chi connectivity index (χ2n) is 3.88. The van der Waals surface area contributed by atoms with Crippen LogP contribution in [0.2, 0.25) is 10.0 Å². The Bertz CT molecular complexity index is 757. The molecule has 0 spiro atoms. The minimum atomic E-state index is 0.577. The fourth-order valence-corrected chi connectivity index (χ4v) is 3.32. The van der Waals surface area contributed by atoms with E-state index in [1.54, 1.807) is 23.5 Å². The van der Waals surface area contributed by atoms with Gasteiger partial charge in [0.1, 0.15) is 0 Å². The molecule has 1 N–H and O–H groups in total. The van der Waals surface area contributed by atoms with Gasteiger partial charge in [-0.05, 0) is 36.4 Å². The normalized spacial score (nSPS) is 10.9. The first-order valence-electron chi connectivity index (χ1n) is 5.40. The molecule has 0 radical (unpaired) electrons. The van der Waals surface area contributed by atoms with Crippen molar-refractivity contribution in [3.63, 3.8) is 0 Å². The lowest BCUT2D eigenvalue weighted by molar-refractivity contribution is 1.44. The largest absolute Gasteiger partial charge is 0.330 e. The van der Waals surface area contributed by atoms with E-state index in [0.29, 0.717) is 10.0 Å². The summed E-state index contributed by atoms with van der Waals surface area (Å²) in [5.41, 5.74) is 1.75. The van der Waals surface area contributed by atoms with Gasteiger partial charge in [0.25, 0.3) is 0 Å². The minimum absolute atomic E-state index is 0.577. The molecule has 0 amide bonds. The first kappa shape index (κ1) is 13.2. The Balaban J connectivity index is 1.96. The molecular formula is C13H7BrCl2N2S. The summed E-state index contributed by atoms with van der Waals surface area (Å²) in [7, 11) is 0. The number of nitrogens with one attached hydrogen (secondary N) is 1. The molecule has 2 aromatic carbocycles. The Morgan fingerprint density at radius 1 is 1.11 bits per heavy atom. The maximum Gasteiger partial charge on any atom is 0.188 e. The summed E-state index contributed by atoms with van der Waals surface area (Å²) >= 11 is 17.0. The standard InChI is InChI=1S/C13H7BrCl2N2S/c14-7-1-4-12-11(5-7)18-13(19-12)17-10-3-2-8(15)6-9(10)16/h1-6H,(H,17,18). The number of halogens is 3. The molecule has 6 heteroatoms. The van der Waals surface area contributed by atoms with Crippen molar-refractivity contribution in [2.45, 2.75) is 0 Å². The zero-order valence-electron chi connectivity index (χ0n) is 9.45. The van der Waals surface area contributed by atoms with Gasteiger partial charge in [-0.3, -0.25) is 0 Å². The third-order valence-electron chi connectivity index (χ3n) is 2.52. The van der Waals surface area contributed by atoms with Crippen molar-refractivity contribution in [1.82, 2.24) is 4.98 Å². The van der Waals surface area contributed by atoms with Gasteiger partial charge in [0, 0.05) is 9.50 Å². The molecule has 1 aromatic heterocycles. The molecule has 2 nitrogen and oxygen atoms in total. The van der Waals surface area contributed by atoms with Crippen molar-refractivity contribution in [2.75, 3.05) is 5.32 Å². The second kappa shape index (κ2) is 5.29. The molecule has 0 aliphatic heterocycles. The van der Waals surface area contributed by atoms with E-state index in [0.717, 1.165) is 25.5 Å². The van der Waals surface area contributed by atoms with E-state index in [4.69, 9.17) is 23.2 Å². The maximum absolute atomic E-state index is 6.13. The monoisotopic (exact) mass is 372 g/mol. The molecule has 0 saturated carbocycles. The predicted octanol–water partition coefficient (Wildman–Crippen LogP) is 6.11. The third kappa shape index (κ3) is 2.87. The molecule has 3 aromatic rings. The smallest absolute Gasteiger partial charge is 0.188 e. The number of anilines is 2. The van der Waals surface area contributed by atoms with Crippen LogP contribution in [0.3, 0.4) is 0 Å². The minimum Gasteiger partial charge on any atom is -0.330 e. The molecule has 0 atom stereocenters. The average Bonchev–Trinajstić information content (AvgIpc) is 2.74. The van der Waals surface area contributed by atoms with Gasteiger partial charge >= 0.3 is 0 Å². The highest BCUT2D eigenvalue weighted by Gasteiger charge is 2.07. The van der Waals surface area contributed by atoms with Gasteiger partial charge in [-0.25, -0.2) is 4.98 Å². The van der Waals surface area contributed by atoms with Gasteiger partial charge in [0.15, 0.2) is 5.13 Å². The topological polar surface area (TPSA) is 24.9 Å². The predicted molar refractivity (Wildman–Crippen MR) is 87.1 cm³/mol. The van der Waals surface area contributed by atoms with E-state index in [1.165, 1.54) is 0 Å². The van der Waals surface area contributed by atoms with Crippen LogP contribution in [-0.2, 0) is 0 Å². The zero-order chi connectivity index (χ0) is 13.4. The van der Waals surface area contributed by atoms with Crippen LogP contribution in [0.5, 0.6) is 0 Å². The van der Waals surface area contributed by atoms with Crippen LogP contribution in [0, 0.1) is 0 Å². The first-order chi connectivity index (χ1) is 9.11. The number of benzene rings is 2. The molecule has 0 unspecified atom stereocenters. The Morgan fingerprint density at radius 3 is 2.74 bits per heavy atom. The van der Waals surface area contributed by atoms with Crippen molar-refractivity contribution in [2.24, 2.45) is 0 Å². The molecule has 19 heavy (non-hydrogen) atoms. The third-order valence-corrected chi connectivity index (χ3v) is 4.52. The van der Waals surface area contributed by atoms with Crippen molar-refractivity contribution >= 4 is 71.5 Å². The fourth-order valence-electron chi connectivity index (χ4n) is 1.66. The molecular weight excluding hydrogens is 367 g/mol. The number of thiazole rings is 1. The molecule has 3 rings (SSSR count). The Kier molecular flexibility index (Phi) is 3.67. The fraction of sp³-hybridized carbons (Fsp3) is 0. The van der Waals surface area contributed by atoms with Crippen molar-refractivity contribution in [3.8, 4) is 0 Å². The average molecular weight is 374 g/mol. The van der Waals surface area contributed by atoms with Gasteiger partial charge in [-0.2, -0.15) is 0 Å². The summed E-state index contributed by atoms with van der Waals surface area (Å²) in [5.74, 6) is 0. The lowest BCUT2D eigenvalue weighted by atomic mass is 10.3. The highest BCUT2D eigenvalue weighted by atomic mass is 79.9. The van der Waals surface area contributed by atoms with Crippen molar-refractivity contribution in [1.29, 1.82) is 0 Å². The second-order valence-corrected chi connectivity index (χ2v) is 6.67. The maximum atomic E-state index is 6.13. The SMILES string of the molecule is Clc1ccc(Nc2nc3cc(Br)ccc3s2)c(Cl)c1. The molecule has 0 aliphatic carbocycles. The summed E-state index contributed by atoms with van der Waals surface area (Å²) < 4.78 is 2.14. The Hall–Kier alpha value is -0.810. The Labute approximate surface area is 132 Å². The summed E-state index contributed by atoms with van der Waals surface area (Å²) in [4.78, 5) is 4.52. The number of aromatic nitrogens is 1. The van der Waals surface area contributed by atoms with Crippen LogP contribution in [0.4, 0.5) is 10.8 Å². The summed E-state index contributed by atoms with van der Waals surface area (Å²) in [6.07, 6.45) is 0. The Morgan fingerprint density at radius 2 is 1.95 bits per heavy atom. The molecule has 0 saturated heterocycles. The van der Waals surface area contributed by atoms with E-state index in [-0.39, 0.29) is 0 Å². The van der Waals surface area contributed by atoms with Crippen LogP contribution in [0.15, 0.2) is 40.9 Å². The number of nitrogens with zero attached hydrogens (tertiary/aromatic N) is 1. The summed E-state index contributed by atoms with van der Waals surface area (Å²) in [6, 6.07) is 11.4. The quantitative estimate of drug-likeness (QED) is 0.586.